The van der Waals surface area contributed by atoms with E-state index in [1.807, 2.05) is 0 Å². The Hall–Kier alpha value is -1.30. The second-order valence-corrected chi connectivity index (χ2v) is 6.29. The van der Waals surface area contributed by atoms with Crippen molar-refractivity contribution < 1.29 is 14.2 Å². The van der Waals surface area contributed by atoms with Crippen molar-refractivity contribution in [3.8, 4) is 11.5 Å². The van der Waals surface area contributed by atoms with Crippen LogP contribution in [0.15, 0.2) is 12.1 Å². The molecule has 2 unspecified atom stereocenters. The lowest BCUT2D eigenvalue weighted by atomic mass is 10.1. The zero-order chi connectivity index (χ0) is 15.5. The number of fused-ring (bicyclic) bond motifs is 1. The Morgan fingerprint density at radius 3 is 3.05 bits per heavy atom. The molecule has 0 spiro atoms. The van der Waals surface area contributed by atoms with Crippen LogP contribution in [0.4, 0.5) is 0 Å². The second-order valence-electron chi connectivity index (χ2n) is 6.29. The Labute approximate surface area is 132 Å². The molecule has 0 aliphatic carbocycles. The number of nitrogens with zero attached hydrogens (tertiary/aromatic N) is 1. The van der Waals surface area contributed by atoms with Crippen LogP contribution in [0, 0.1) is 0 Å². The molecule has 122 valence electrons. The number of nitrogens with one attached hydrogen (secondary N) is 1. The first-order chi connectivity index (χ1) is 10.7. The predicted octanol–water partition coefficient (Wildman–Crippen LogP) is 1.44. The number of methoxy groups -OCH3 is 1. The number of benzene rings is 1. The van der Waals surface area contributed by atoms with Gasteiger partial charge in [-0.1, -0.05) is 0 Å². The molecule has 0 amide bonds. The first-order valence-corrected chi connectivity index (χ1v) is 8.03. The first kappa shape index (κ1) is 15.6. The fourth-order valence-corrected chi connectivity index (χ4v) is 3.19. The lowest BCUT2D eigenvalue weighted by Crippen LogP contribution is -2.44. The van der Waals surface area contributed by atoms with Gasteiger partial charge in [-0.2, -0.15) is 0 Å². The zero-order valence-electron chi connectivity index (χ0n) is 13.7. The molecule has 2 aliphatic heterocycles. The molecule has 1 saturated heterocycles. The average molecular weight is 306 g/mol. The van der Waals surface area contributed by atoms with Gasteiger partial charge in [0.25, 0.3) is 0 Å². The summed E-state index contributed by atoms with van der Waals surface area (Å²) in [6.07, 6.45) is 1.46. The van der Waals surface area contributed by atoms with Gasteiger partial charge in [-0.15, -0.1) is 0 Å². The molecule has 2 heterocycles. The minimum atomic E-state index is 0.246. The van der Waals surface area contributed by atoms with Crippen LogP contribution in [0.2, 0.25) is 0 Å². The van der Waals surface area contributed by atoms with Crippen LogP contribution in [0.25, 0.3) is 0 Å². The number of ether oxygens (including phenoxy) is 3. The van der Waals surface area contributed by atoms with Crippen molar-refractivity contribution in [3.05, 3.63) is 23.3 Å². The first-order valence-electron chi connectivity index (χ1n) is 8.03. The maximum Gasteiger partial charge on any atom is 0.127 e. The van der Waals surface area contributed by atoms with Gasteiger partial charge in [0, 0.05) is 43.7 Å². The predicted molar refractivity (Wildman–Crippen MR) is 85.7 cm³/mol. The Kier molecular flexibility index (Phi) is 4.86. The summed E-state index contributed by atoms with van der Waals surface area (Å²) in [5.41, 5.74) is 2.42. The molecule has 22 heavy (non-hydrogen) atoms. The smallest absolute Gasteiger partial charge is 0.127 e. The maximum absolute atomic E-state index is 5.96. The SMILES string of the molecule is COc1cc(CNCC2CN(C)CCO2)c2c(c1)CC(C)O2. The fraction of sp³-hybridized carbons (Fsp3) is 0.647. The van der Waals surface area contributed by atoms with E-state index in [1.54, 1.807) is 7.11 Å². The molecule has 1 aromatic carbocycles. The largest absolute Gasteiger partial charge is 0.497 e. The Balaban J connectivity index is 1.61. The molecule has 5 heteroatoms. The monoisotopic (exact) mass is 306 g/mol. The molecule has 0 saturated carbocycles. The summed E-state index contributed by atoms with van der Waals surface area (Å²) in [4.78, 5) is 2.31. The number of rotatable bonds is 5. The van der Waals surface area contributed by atoms with Gasteiger partial charge in [-0.25, -0.2) is 0 Å². The van der Waals surface area contributed by atoms with Crippen molar-refractivity contribution in [2.24, 2.45) is 0 Å². The lowest BCUT2D eigenvalue weighted by molar-refractivity contribution is -0.0182. The molecule has 5 nitrogen and oxygen atoms in total. The Bertz CT molecular complexity index is 521. The van der Waals surface area contributed by atoms with Crippen LogP contribution in [0.3, 0.4) is 0 Å². The van der Waals surface area contributed by atoms with E-state index in [2.05, 4.69) is 36.3 Å². The summed E-state index contributed by atoms with van der Waals surface area (Å²) < 4.78 is 17.2. The Morgan fingerprint density at radius 2 is 2.27 bits per heavy atom. The van der Waals surface area contributed by atoms with E-state index in [1.165, 1.54) is 11.1 Å². The van der Waals surface area contributed by atoms with Gasteiger partial charge in [0.05, 0.1) is 19.8 Å². The molecular formula is C17H26N2O3. The van der Waals surface area contributed by atoms with Crippen molar-refractivity contribution in [1.29, 1.82) is 0 Å². The van der Waals surface area contributed by atoms with E-state index < -0.39 is 0 Å². The molecule has 2 atom stereocenters. The topological polar surface area (TPSA) is 43.0 Å². The van der Waals surface area contributed by atoms with E-state index in [0.717, 1.165) is 50.7 Å². The highest BCUT2D eigenvalue weighted by Crippen LogP contribution is 2.36. The number of morpholine rings is 1. The van der Waals surface area contributed by atoms with Gasteiger partial charge in [0.1, 0.15) is 17.6 Å². The standard InChI is InChI=1S/C17H26N2O3/c1-12-6-13-7-15(20-3)8-14(17(13)22-12)9-18-10-16-11-19(2)4-5-21-16/h7-8,12,16,18H,4-6,9-11H2,1-3H3. The van der Waals surface area contributed by atoms with Crippen LogP contribution in [-0.4, -0.2) is 57.5 Å². The van der Waals surface area contributed by atoms with Crippen molar-refractivity contribution in [2.75, 3.05) is 40.4 Å². The molecular weight excluding hydrogens is 280 g/mol. The van der Waals surface area contributed by atoms with Crippen LogP contribution >= 0.6 is 0 Å². The van der Waals surface area contributed by atoms with Gasteiger partial charge in [0.2, 0.25) is 0 Å². The molecule has 1 aromatic rings. The van der Waals surface area contributed by atoms with Gasteiger partial charge < -0.3 is 24.4 Å². The summed E-state index contributed by atoms with van der Waals surface area (Å²) in [6.45, 7) is 6.55. The summed E-state index contributed by atoms with van der Waals surface area (Å²) >= 11 is 0. The normalized spacial score (nSPS) is 24.9. The average Bonchev–Trinajstić information content (AvgIpc) is 2.87. The third-order valence-electron chi connectivity index (χ3n) is 4.31. The molecule has 0 aromatic heterocycles. The van der Waals surface area contributed by atoms with E-state index >= 15 is 0 Å². The summed E-state index contributed by atoms with van der Waals surface area (Å²) in [6, 6.07) is 4.15. The maximum atomic E-state index is 5.96. The third kappa shape index (κ3) is 3.54. The van der Waals surface area contributed by atoms with Gasteiger partial charge >= 0.3 is 0 Å². The van der Waals surface area contributed by atoms with Crippen molar-refractivity contribution in [1.82, 2.24) is 10.2 Å². The highest BCUT2D eigenvalue weighted by atomic mass is 16.5. The molecule has 0 radical (unpaired) electrons. The van der Waals surface area contributed by atoms with Gasteiger partial charge in [-0.05, 0) is 26.1 Å². The van der Waals surface area contributed by atoms with Crippen LogP contribution < -0.4 is 14.8 Å². The van der Waals surface area contributed by atoms with E-state index in [-0.39, 0.29) is 12.2 Å². The van der Waals surface area contributed by atoms with Crippen LogP contribution in [0.1, 0.15) is 18.1 Å². The third-order valence-corrected chi connectivity index (χ3v) is 4.31. The molecule has 1 fully saturated rings. The minimum Gasteiger partial charge on any atom is -0.497 e. The summed E-state index contributed by atoms with van der Waals surface area (Å²) in [7, 11) is 3.85. The van der Waals surface area contributed by atoms with E-state index in [9.17, 15) is 0 Å². The second kappa shape index (κ2) is 6.86. The highest BCUT2D eigenvalue weighted by molar-refractivity contribution is 5.49. The highest BCUT2D eigenvalue weighted by Gasteiger charge is 2.24. The number of hydrogen-bond donors (Lipinski definition) is 1. The van der Waals surface area contributed by atoms with Gasteiger partial charge in [0.15, 0.2) is 0 Å². The quantitative estimate of drug-likeness (QED) is 0.892. The lowest BCUT2D eigenvalue weighted by Gasteiger charge is -2.30. The van der Waals surface area contributed by atoms with Crippen molar-refractivity contribution in [3.63, 3.8) is 0 Å². The molecule has 0 bridgehead atoms. The van der Waals surface area contributed by atoms with Gasteiger partial charge in [-0.3, -0.25) is 0 Å². The Morgan fingerprint density at radius 1 is 1.41 bits per heavy atom. The van der Waals surface area contributed by atoms with Crippen molar-refractivity contribution in [2.45, 2.75) is 32.1 Å². The summed E-state index contributed by atoms with van der Waals surface area (Å²) in [5, 5.41) is 3.50. The minimum absolute atomic E-state index is 0.246. The van der Waals surface area contributed by atoms with E-state index in [4.69, 9.17) is 14.2 Å². The summed E-state index contributed by atoms with van der Waals surface area (Å²) in [5.74, 6) is 1.93. The van der Waals surface area contributed by atoms with Crippen molar-refractivity contribution >= 4 is 0 Å². The molecule has 1 N–H and O–H groups in total. The molecule has 3 rings (SSSR count). The number of hydrogen-bond acceptors (Lipinski definition) is 5. The van der Waals surface area contributed by atoms with E-state index in [0.29, 0.717) is 0 Å². The molecule has 2 aliphatic rings. The van der Waals surface area contributed by atoms with Crippen LogP contribution in [-0.2, 0) is 17.7 Å². The fourth-order valence-electron chi connectivity index (χ4n) is 3.19. The zero-order valence-corrected chi connectivity index (χ0v) is 13.7. The van der Waals surface area contributed by atoms with Crippen LogP contribution in [0.5, 0.6) is 11.5 Å². The number of likely N-dealkylation sites (N-methyl/N-ethyl adjacent to an activating group) is 1.